The quantitative estimate of drug-likeness (QED) is 0.378. The van der Waals surface area contributed by atoms with E-state index in [-0.39, 0.29) is 12.3 Å². The van der Waals surface area contributed by atoms with Crippen LogP contribution in [0, 0.1) is 0 Å². The number of benzene rings is 1. The van der Waals surface area contributed by atoms with Crippen molar-refractivity contribution in [2.24, 2.45) is 5.73 Å². The third-order valence-corrected chi connectivity index (χ3v) is 3.61. The Bertz CT molecular complexity index is 507. The molecule has 128 valence electrons. The van der Waals surface area contributed by atoms with E-state index in [1.54, 1.807) is 24.3 Å². The van der Waals surface area contributed by atoms with Crippen LogP contribution in [0.4, 0.5) is 0 Å². The molecule has 1 atom stereocenters. The molecule has 0 bridgehead atoms. The number of primary amides is 1. The van der Waals surface area contributed by atoms with Gasteiger partial charge in [0, 0.05) is 12.8 Å². The highest BCUT2D eigenvalue weighted by atomic mass is 31.2. The molecule has 1 unspecified atom stereocenters. The number of nitrogens with one attached hydrogen (secondary N) is 1. The van der Waals surface area contributed by atoms with E-state index in [9.17, 15) is 9.59 Å². The van der Waals surface area contributed by atoms with Gasteiger partial charge in [0.2, 0.25) is 11.8 Å². The molecule has 2 amide bonds. The first-order valence-corrected chi connectivity index (χ1v) is 8.62. The topological polar surface area (TPSA) is 122 Å². The largest absolute Gasteiger partial charge is 0.427 e. The maximum atomic E-state index is 11.8. The molecule has 0 aliphatic carbocycles. The monoisotopic (exact) mass is 342 g/mol. The summed E-state index contributed by atoms with van der Waals surface area (Å²) in [6.45, 7) is 2.05. The van der Waals surface area contributed by atoms with Crippen LogP contribution in [0.25, 0.3) is 0 Å². The Labute approximate surface area is 136 Å². The van der Waals surface area contributed by atoms with Crippen LogP contribution in [0.2, 0.25) is 0 Å². The van der Waals surface area contributed by atoms with Crippen molar-refractivity contribution >= 4 is 20.4 Å². The van der Waals surface area contributed by atoms with Crippen molar-refractivity contribution in [1.29, 1.82) is 0 Å². The van der Waals surface area contributed by atoms with Crippen LogP contribution in [0.15, 0.2) is 24.3 Å². The highest BCUT2D eigenvalue weighted by molar-refractivity contribution is 7.39. The number of rotatable bonds is 10. The summed E-state index contributed by atoms with van der Waals surface area (Å²) in [6.07, 6.45) is 3.41. The van der Waals surface area contributed by atoms with Gasteiger partial charge in [-0.2, -0.15) is 0 Å². The summed E-state index contributed by atoms with van der Waals surface area (Å²) in [6, 6.07) is 5.68. The maximum Gasteiger partial charge on any atom is 0.391 e. The van der Waals surface area contributed by atoms with E-state index < -0.39 is 20.6 Å². The minimum atomic E-state index is -2.46. The number of unbranched alkanes of at least 4 members (excludes halogenated alkanes) is 2. The number of carbonyl (C=O) groups is 2. The zero-order chi connectivity index (χ0) is 17.2. The van der Waals surface area contributed by atoms with E-state index in [1.807, 2.05) is 0 Å². The molecule has 1 aromatic carbocycles. The highest BCUT2D eigenvalue weighted by Gasteiger charge is 2.18. The second kappa shape index (κ2) is 10.2. The lowest BCUT2D eigenvalue weighted by Crippen LogP contribution is -2.45. The zero-order valence-corrected chi connectivity index (χ0v) is 14.0. The summed E-state index contributed by atoms with van der Waals surface area (Å²) in [5, 5.41) is 2.65. The van der Waals surface area contributed by atoms with E-state index in [2.05, 4.69) is 12.2 Å². The molecule has 0 spiro atoms. The molecule has 0 aromatic heterocycles. The van der Waals surface area contributed by atoms with Gasteiger partial charge in [-0.25, -0.2) is 0 Å². The predicted octanol–water partition coefficient (Wildman–Crippen LogP) is 1.37. The zero-order valence-electron chi connectivity index (χ0n) is 13.1. The van der Waals surface area contributed by atoms with Crippen LogP contribution >= 0.6 is 8.60 Å². The third-order valence-electron chi connectivity index (χ3n) is 3.24. The van der Waals surface area contributed by atoms with E-state index >= 15 is 0 Å². The van der Waals surface area contributed by atoms with Gasteiger partial charge in [0.25, 0.3) is 0 Å². The minimum Gasteiger partial charge on any atom is -0.427 e. The fraction of sp³-hybridized carbons (Fsp3) is 0.467. The Morgan fingerprint density at radius 1 is 1.26 bits per heavy atom. The highest BCUT2D eigenvalue weighted by Crippen LogP contribution is 2.28. The van der Waals surface area contributed by atoms with Crippen molar-refractivity contribution in [3.05, 3.63) is 29.8 Å². The molecule has 1 rings (SSSR count). The van der Waals surface area contributed by atoms with E-state index in [1.165, 1.54) is 0 Å². The van der Waals surface area contributed by atoms with E-state index in [0.717, 1.165) is 24.8 Å². The molecule has 0 fully saturated rings. The molecule has 1 aromatic rings. The number of nitrogens with two attached hydrogens (primary N) is 1. The summed E-state index contributed by atoms with van der Waals surface area (Å²) < 4.78 is 4.76. The molecule has 0 saturated heterocycles. The number of carbonyl (C=O) groups excluding carboxylic acids is 2. The molecular formula is C15H23N2O5P. The third kappa shape index (κ3) is 7.93. The van der Waals surface area contributed by atoms with Gasteiger partial charge < -0.3 is 25.4 Å². The van der Waals surface area contributed by atoms with Gasteiger partial charge in [0.1, 0.15) is 11.8 Å². The normalized spacial score (nSPS) is 12.0. The van der Waals surface area contributed by atoms with Gasteiger partial charge in [0.15, 0.2) is 0 Å². The lowest BCUT2D eigenvalue weighted by Gasteiger charge is -2.16. The molecule has 0 radical (unpaired) electrons. The van der Waals surface area contributed by atoms with Crippen LogP contribution < -0.4 is 15.6 Å². The van der Waals surface area contributed by atoms with Crippen LogP contribution in [0.1, 0.15) is 38.2 Å². The Morgan fingerprint density at radius 3 is 2.43 bits per heavy atom. The average molecular weight is 342 g/mol. The Kier molecular flexibility index (Phi) is 8.55. The van der Waals surface area contributed by atoms with Crippen molar-refractivity contribution in [2.45, 2.75) is 45.1 Å². The van der Waals surface area contributed by atoms with Crippen LogP contribution in [-0.4, -0.2) is 27.6 Å². The SMILES string of the molecule is CCCCCC(=O)NC(Cc1ccc(OP(O)O)cc1)C(N)=O. The summed E-state index contributed by atoms with van der Waals surface area (Å²) in [4.78, 5) is 40.8. The van der Waals surface area contributed by atoms with Gasteiger partial charge >= 0.3 is 8.60 Å². The van der Waals surface area contributed by atoms with Crippen molar-refractivity contribution in [3.8, 4) is 5.75 Å². The second-order valence-corrected chi connectivity index (χ2v) is 5.86. The van der Waals surface area contributed by atoms with Gasteiger partial charge in [-0.1, -0.05) is 31.9 Å². The molecule has 0 aliphatic heterocycles. The lowest BCUT2D eigenvalue weighted by molar-refractivity contribution is -0.127. The molecule has 0 aliphatic rings. The first kappa shape index (κ1) is 19.4. The molecule has 5 N–H and O–H groups in total. The Balaban J connectivity index is 2.58. The van der Waals surface area contributed by atoms with E-state index in [0.29, 0.717) is 12.2 Å². The lowest BCUT2D eigenvalue weighted by atomic mass is 10.0. The molecule has 7 nitrogen and oxygen atoms in total. The van der Waals surface area contributed by atoms with Crippen LogP contribution in [0.3, 0.4) is 0 Å². The van der Waals surface area contributed by atoms with Crippen molar-refractivity contribution < 1.29 is 23.9 Å². The molecule has 8 heteroatoms. The molecule has 0 saturated carbocycles. The standard InChI is InChI=1S/C15H23N2O5P/c1-2-3-4-5-14(18)17-13(15(16)19)10-11-6-8-12(9-7-11)22-23(20)21/h6-9,13,20-21H,2-5,10H2,1H3,(H2,16,19)(H,17,18). The Morgan fingerprint density at radius 2 is 1.91 bits per heavy atom. The van der Waals surface area contributed by atoms with Crippen molar-refractivity contribution in [2.75, 3.05) is 0 Å². The fourth-order valence-electron chi connectivity index (χ4n) is 2.04. The van der Waals surface area contributed by atoms with E-state index in [4.69, 9.17) is 20.0 Å². The predicted molar refractivity (Wildman–Crippen MR) is 87.4 cm³/mol. The molecule has 0 heterocycles. The molecular weight excluding hydrogens is 319 g/mol. The smallest absolute Gasteiger partial charge is 0.391 e. The summed E-state index contributed by atoms with van der Waals surface area (Å²) >= 11 is 0. The average Bonchev–Trinajstić information content (AvgIpc) is 2.48. The van der Waals surface area contributed by atoms with Crippen molar-refractivity contribution in [1.82, 2.24) is 5.32 Å². The van der Waals surface area contributed by atoms with Gasteiger partial charge in [0.05, 0.1) is 0 Å². The Hall–Kier alpha value is -1.69. The van der Waals surface area contributed by atoms with Gasteiger partial charge in [-0.05, 0) is 24.1 Å². The summed E-state index contributed by atoms with van der Waals surface area (Å²) in [5.74, 6) is -0.471. The number of hydrogen-bond acceptors (Lipinski definition) is 5. The van der Waals surface area contributed by atoms with Crippen LogP contribution in [-0.2, 0) is 16.0 Å². The van der Waals surface area contributed by atoms with Crippen LogP contribution in [0.5, 0.6) is 5.75 Å². The maximum absolute atomic E-state index is 11.8. The fourth-order valence-corrected chi connectivity index (χ4v) is 2.35. The summed E-state index contributed by atoms with van der Waals surface area (Å²) in [5.41, 5.74) is 6.11. The van der Waals surface area contributed by atoms with Crippen molar-refractivity contribution in [3.63, 3.8) is 0 Å². The van der Waals surface area contributed by atoms with Gasteiger partial charge in [-0.3, -0.25) is 9.59 Å². The first-order valence-electron chi connectivity index (χ1n) is 7.45. The second-order valence-electron chi connectivity index (χ2n) is 5.17. The number of amides is 2. The van der Waals surface area contributed by atoms with Gasteiger partial charge in [-0.15, -0.1) is 0 Å². The minimum absolute atomic E-state index is 0.187. The summed E-state index contributed by atoms with van der Waals surface area (Å²) in [7, 11) is -2.46. The first-order chi connectivity index (χ1) is 10.9. The molecule has 23 heavy (non-hydrogen) atoms. The number of hydrogen-bond donors (Lipinski definition) is 4.